The third-order valence-corrected chi connectivity index (χ3v) is 7.59. The molecular weight excluding hydrogens is 430 g/mol. The van der Waals surface area contributed by atoms with Crippen molar-refractivity contribution in [2.45, 2.75) is 24.5 Å². The molecule has 0 amide bonds. The first-order valence-corrected chi connectivity index (χ1v) is 12.7. The first-order chi connectivity index (χ1) is 13.9. The number of carbonyl (C=O) groups excluding carboxylic acids is 1. The van der Waals surface area contributed by atoms with Gasteiger partial charge in [0.1, 0.15) is 0 Å². The van der Waals surface area contributed by atoms with Gasteiger partial charge in [0.05, 0.1) is 24.2 Å². The number of ketones is 1. The molecule has 2 aromatic heterocycles. The van der Waals surface area contributed by atoms with Crippen molar-refractivity contribution in [3.63, 3.8) is 0 Å². The van der Waals surface area contributed by atoms with Crippen LogP contribution in [-0.4, -0.2) is 53.0 Å². The summed E-state index contributed by atoms with van der Waals surface area (Å²) in [5.74, 6) is 0.166. The summed E-state index contributed by atoms with van der Waals surface area (Å²) >= 11 is 2.92. The molecular formula is C18H19N5O3S3. The van der Waals surface area contributed by atoms with Crippen LogP contribution in [0.25, 0.3) is 0 Å². The van der Waals surface area contributed by atoms with Crippen LogP contribution in [0, 0.1) is 0 Å². The SMILES string of the molecule is CS(=O)(=O)N1CCCc2cc(C(=O)CSc3nnnn3Cc3cccs3)ccc21. The summed E-state index contributed by atoms with van der Waals surface area (Å²) in [5.41, 5.74) is 2.13. The fraction of sp³-hybridized carbons (Fsp3) is 0.333. The van der Waals surface area contributed by atoms with Crippen molar-refractivity contribution in [1.29, 1.82) is 0 Å². The molecule has 1 aliphatic rings. The number of fused-ring (bicyclic) bond motifs is 1. The zero-order chi connectivity index (χ0) is 20.4. The fourth-order valence-corrected chi connectivity index (χ4v) is 5.70. The number of anilines is 1. The Bertz CT molecular complexity index is 1130. The number of aryl methyl sites for hydroxylation is 1. The highest BCUT2D eigenvalue weighted by Crippen LogP contribution is 2.30. The molecule has 0 spiro atoms. The van der Waals surface area contributed by atoms with Gasteiger partial charge in [0.25, 0.3) is 0 Å². The van der Waals surface area contributed by atoms with E-state index >= 15 is 0 Å². The summed E-state index contributed by atoms with van der Waals surface area (Å²) in [4.78, 5) is 13.8. The average Bonchev–Trinajstić information content (AvgIpc) is 3.37. The molecule has 8 nitrogen and oxygen atoms in total. The lowest BCUT2D eigenvalue weighted by molar-refractivity contribution is 0.102. The number of nitrogens with zero attached hydrogens (tertiary/aromatic N) is 5. The van der Waals surface area contributed by atoms with Gasteiger partial charge in [-0.15, -0.1) is 16.4 Å². The van der Waals surface area contributed by atoms with Gasteiger partial charge in [0, 0.05) is 17.0 Å². The largest absolute Gasteiger partial charge is 0.293 e. The van der Waals surface area contributed by atoms with E-state index in [2.05, 4.69) is 15.5 Å². The third kappa shape index (κ3) is 4.51. The molecule has 0 saturated heterocycles. The van der Waals surface area contributed by atoms with Gasteiger partial charge in [-0.3, -0.25) is 9.10 Å². The van der Waals surface area contributed by atoms with Crippen LogP contribution < -0.4 is 4.31 Å². The molecule has 0 saturated carbocycles. The van der Waals surface area contributed by atoms with Gasteiger partial charge in [-0.05, 0) is 58.5 Å². The molecule has 0 bridgehead atoms. The molecule has 0 unspecified atom stereocenters. The number of hydrogen-bond donors (Lipinski definition) is 0. The summed E-state index contributed by atoms with van der Waals surface area (Å²) in [5, 5.41) is 14.3. The van der Waals surface area contributed by atoms with E-state index in [9.17, 15) is 13.2 Å². The van der Waals surface area contributed by atoms with Crippen molar-refractivity contribution in [3.05, 3.63) is 51.7 Å². The summed E-state index contributed by atoms with van der Waals surface area (Å²) in [6, 6.07) is 9.22. The Kier molecular flexibility index (Phi) is 5.70. The number of thioether (sulfide) groups is 1. The van der Waals surface area contributed by atoms with Crippen molar-refractivity contribution in [2.75, 3.05) is 22.9 Å². The van der Waals surface area contributed by atoms with Crippen LogP contribution in [0.5, 0.6) is 0 Å². The summed E-state index contributed by atoms with van der Waals surface area (Å²) < 4.78 is 27.1. The smallest absolute Gasteiger partial charge is 0.232 e. The number of tetrazole rings is 1. The molecule has 1 aromatic carbocycles. The molecule has 0 atom stereocenters. The Morgan fingerprint density at radius 3 is 2.93 bits per heavy atom. The highest BCUT2D eigenvalue weighted by molar-refractivity contribution is 7.99. The van der Waals surface area contributed by atoms with Gasteiger partial charge in [-0.25, -0.2) is 13.1 Å². The molecule has 0 N–H and O–H groups in total. The minimum Gasteiger partial charge on any atom is -0.293 e. The number of sulfonamides is 1. The number of benzene rings is 1. The van der Waals surface area contributed by atoms with Crippen molar-refractivity contribution in [3.8, 4) is 0 Å². The monoisotopic (exact) mass is 449 g/mol. The highest BCUT2D eigenvalue weighted by Gasteiger charge is 2.24. The molecule has 11 heteroatoms. The number of thiophene rings is 1. The third-order valence-electron chi connectivity index (χ3n) is 4.59. The van der Waals surface area contributed by atoms with E-state index < -0.39 is 10.0 Å². The molecule has 4 rings (SSSR count). The quantitative estimate of drug-likeness (QED) is 0.404. The molecule has 3 heterocycles. The topological polar surface area (TPSA) is 98.1 Å². The van der Waals surface area contributed by atoms with Gasteiger partial charge < -0.3 is 0 Å². The zero-order valence-electron chi connectivity index (χ0n) is 15.7. The van der Waals surface area contributed by atoms with E-state index in [1.54, 1.807) is 28.2 Å². The maximum atomic E-state index is 12.7. The number of aromatic nitrogens is 4. The van der Waals surface area contributed by atoms with Crippen molar-refractivity contribution in [1.82, 2.24) is 20.2 Å². The first kappa shape index (κ1) is 20.0. The lowest BCUT2D eigenvalue weighted by atomic mass is 9.99. The average molecular weight is 450 g/mol. The number of carbonyl (C=O) groups is 1. The zero-order valence-corrected chi connectivity index (χ0v) is 18.1. The molecule has 0 radical (unpaired) electrons. The lowest BCUT2D eigenvalue weighted by Crippen LogP contribution is -2.34. The number of rotatable bonds is 7. The van der Waals surface area contributed by atoms with Gasteiger partial charge in [-0.1, -0.05) is 17.8 Å². The Morgan fingerprint density at radius 2 is 2.17 bits per heavy atom. The minimum atomic E-state index is -3.32. The Labute approximate surface area is 177 Å². The summed E-state index contributed by atoms with van der Waals surface area (Å²) in [6.45, 7) is 1.04. The van der Waals surface area contributed by atoms with E-state index in [4.69, 9.17) is 0 Å². The Hall–Kier alpha value is -2.24. The van der Waals surface area contributed by atoms with E-state index in [0.29, 0.717) is 29.5 Å². The van der Waals surface area contributed by atoms with Gasteiger partial charge in [0.15, 0.2) is 5.78 Å². The van der Waals surface area contributed by atoms with Crippen molar-refractivity contribution in [2.24, 2.45) is 0 Å². The van der Waals surface area contributed by atoms with Crippen LogP contribution in [0.3, 0.4) is 0 Å². The molecule has 0 aliphatic carbocycles. The van der Waals surface area contributed by atoms with Crippen LogP contribution >= 0.6 is 23.1 Å². The van der Waals surface area contributed by atoms with Gasteiger partial charge >= 0.3 is 0 Å². The predicted molar refractivity (Wildman–Crippen MR) is 113 cm³/mol. The van der Waals surface area contributed by atoms with Crippen LogP contribution in [0.4, 0.5) is 5.69 Å². The van der Waals surface area contributed by atoms with Crippen LogP contribution in [0.2, 0.25) is 0 Å². The highest BCUT2D eigenvalue weighted by atomic mass is 32.2. The molecule has 1 aliphatic heterocycles. The van der Waals surface area contributed by atoms with Crippen LogP contribution in [0.15, 0.2) is 40.9 Å². The minimum absolute atomic E-state index is 0.0417. The van der Waals surface area contributed by atoms with Crippen molar-refractivity contribution >= 4 is 44.6 Å². The van der Waals surface area contributed by atoms with Crippen LogP contribution in [0.1, 0.15) is 27.2 Å². The lowest BCUT2D eigenvalue weighted by Gasteiger charge is -2.29. The van der Waals surface area contributed by atoms with Gasteiger partial charge in [-0.2, -0.15) is 0 Å². The molecule has 0 fully saturated rings. The second kappa shape index (κ2) is 8.25. The van der Waals surface area contributed by atoms with E-state index in [-0.39, 0.29) is 11.5 Å². The Balaban J connectivity index is 1.46. The van der Waals surface area contributed by atoms with Crippen molar-refractivity contribution < 1.29 is 13.2 Å². The number of hydrogen-bond acceptors (Lipinski definition) is 8. The Morgan fingerprint density at radius 1 is 1.31 bits per heavy atom. The summed E-state index contributed by atoms with van der Waals surface area (Å²) in [7, 11) is -3.32. The molecule has 152 valence electrons. The van der Waals surface area contributed by atoms with E-state index in [1.165, 1.54) is 22.3 Å². The second-order valence-corrected chi connectivity index (χ2v) is 10.6. The molecule has 29 heavy (non-hydrogen) atoms. The standard InChI is InChI=1S/C18H19N5O3S3/c1-29(25,26)23-8-2-4-13-10-14(6-7-16(13)23)17(24)12-28-18-19-20-21-22(18)11-15-5-3-9-27-15/h3,5-7,9-10H,2,4,8,11-12H2,1H3. The molecule has 3 aromatic rings. The van der Waals surface area contributed by atoms with E-state index in [1.807, 2.05) is 23.6 Å². The summed E-state index contributed by atoms with van der Waals surface area (Å²) in [6.07, 6.45) is 2.71. The van der Waals surface area contributed by atoms with Crippen LogP contribution in [-0.2, 0) is 23.0 Å². The second-order valence-electron chi connectivity index (χ2n) is 6.69. The van der Waals surface area contributed by atoms with Gasteiger partial charge in [0.2, 0.25) is 15.2 Å². The number of Topliss-reactive ketones (excluding diaryl/α,β-unsaturated/α-hetero) is 1. The normalized spacial score (nSPS) is 14.0. The maximum Gasteiger partial charge on any atom is 0.232 e. The maximum absolute atomic E-state index is 12.7. The first-order valence-electron chi connectivity index (χ1n) is 8.97. The fourth-order valence-electron chi connectivity index (χ4n) is 3.24. The van der Waals surface area contributed by atoms with E-state index in [0.717, 1.165) is 23.3 Å². The predicted octanol–water partition coefficient (Wildman–Crippen LogP) is 2.47.